The van der Waals surface area contributed by atoms with E-state index in [0.717, 1.165) is 10.4 Å². The molecule has 0 fully saturated rings. The van der Waals surface area contributed by atoms with Gasteiger partial charge in [-0.25, -0.2) is 4.98 Å². The molecule has 2 amide bonds. The number of esters is 1. The lowest BCUT2D eigenvalue weighted by Crippen LogP contribution is -2.20. The Kier molecular flexibility index (Phi) is 7.06. The Morgan fingerprint density at radius 3 is 2.33 bits per heavy atom. The highest BCUT2D eigenvalue weighted by atomic mass is 32.1. The summed E-state index contributed by atoms with van der Waals surface area (Å²) in [6, 6.07) is 6.94. The van der Waals surface area contributed by atoms with Gasteiger partial charge in [-0.05, 0) is 30.5 Å². The normalized spacial score (nSPS) is 11.7. The van der Waals surface area contributed by atoms with E-state index in [1.807, 2.05) is 0 Å². The van der Waals surface area contributed by atoms with Crippen LogP contribution in [0.1, 0.15) is 50.0 Å². The average Bonchev–Trinajstić information content (AvgIpc) is 3.09. The van der Waals surface area contributed by atoms with Crippen molar-refractivity contribution in [1.29, 1.82) is 0 Å². The maximum atomic E-state index is 12.4. The van der Waals surface area contributed by atoms with Crippen LogP contribution in [0.3, 0.4) is 0 Å². The highest BCUT2D eigenvalue weighted by Gasteiger charge is 2.17. The number of benzene rings is 1. The lowest BCUT2D eigenvalue weighted by Gasteiger charge is -2.12. The van der Waals surface area contributed by atoms with E-state index in [1.54, 1.807) is 37.4 Å². The van der Waals surface area contributed by atoms with Gasteiger partial charge in [0, 0.05) is 23.7 Å². The highest BCUT2D eigenvalue weighted by molar-refractivity contribution is 7.15. The summed E-state index contributed by atoms with van der Waals surface area (Å²) in [6.07, 6.45) is 1.78. The Morgan fingerprint density at radius 2 is 1.78 bits per heavy atom. The maximum absolute atomic E-state index is 12.4. The molecule has 8 heteroatoms. The van der Waals surface area contributed by atoms with Crippen molar-refractivity contribution in [3.05, 3.63) is 40.9 Å². The van der Waals surface area contributed by atoms with Crippen LogP contribution < -0.4 is 10.6 Å². The molecule has 2 N–H and O–H groups in total. The molecule has 7 nitrogen and oxygen atoms in total. The number of amides is 2. The van der Waals surface area contributed by atoms with E-state index in [1.165, 1.54) is 18.3 Å². The van der Waals surface area contributed by atoms with Crippen LogP contribution in [-0.4, -0.2) is 29.4 Å². The smallest absolute Gasteiger partial charge is 0.303 e. The molecule has 1 atom stereocenters. The third-order valence-electron chi connectivity index (χ3n) is 3.82. The van der Waals surface area contributed by atoms with Gasteiger partial charge in [0.2, 0.25) is 5.91 Å². The lowest BCUT2D eigenvalue weighted by molar-refractivity contribution is -0.144. The summed E-state index contributed by atoms with van der Waals surface area (Å²) in [7, 11) is 0. The second-order valence-electron chi connectivity index (χ2n) is 6.38. The van der Waals surface area contributed by atoms with Crippen molar-refractivity contribution in [3.63, 3.8) is 0 Å². The minimum absolute atomic E-state index is 0.147. The van der Waals surface area contributed by atoms with Crippen molar-refractivity contribution in [2.75, 3.05) is 17.2 Å². The molecule has 0 aliphatic carbocycles. The molecule has 0 spiro atoms. The Bertz CT molecular complexity index is 815. The van der Waals surface area contributed by atoms with Crippen LogP contribution in [0.2, 0.25) is 0 Å². The number of hydrogen-bond acceptors (Lipinski definition) is 6. The van der Waals surface area contributed by atoms with Crippen LogP contribution in [0.5, 0.6) is 0 Å². The Labute approximate surface area is 162 Å². The van der Waals surface area contributed by atoms with Gasteiger partial charge in [0.1, 0.15) is 0 Å². The van der Waals surface area contributed by atoms with Crippen molar-refractivity contribution < 1.29 is 19.1 Å². The highest BCUT2D eigenvalue weighted by Crippen LogP contribution is 2.26. The zero-order valence-electron chi connectivity index (χ0n) is 15.7. The first-order chi connectivity index (χ1) is 12.8. The average molecular weight is 389 g/mol. The first kappa shape index (κ1) is 20.6. The van der Waals surface area contributed by atoms with Crippen LogP contribution in [0, 0.1) is 0 Å². The molecule has 1 aromatic carbocycles. The summed E-state index contributed by atoms with van der Waals surface area (Å²) in [5, 5.41) is 6.05. The van der Waals surface area contributed by atoms with Crippen molar-refractivity contribution in [2.45, 2.75) is 39.5 Å². The van der Waals surface area contributed by atoms with Gasteiger partial charge in [0.25, 0.3) is 5.91 Å². The number of aromatic nitrogens is 1. The molecular formula is C19H23N3O4S. The molecule has 144 valence electrons. The minimum atomic E-state index is -0.513. The fourth-order valence-corrected chi connectivity index (χ4v) is 3.02. The number of anilines is 2. The van der Waals surface area contributed by atoms with Crippen molar-refractivity contribution in [1.82, 2.24) is 4.98 Å². The van der Waals surface area contributed by atoms with E-state index < -0.39 is 11.9 Å². The van der Waals surface area contributed by atoms with Gasteiger partial charge in [-0.3, -0.25) is 14.4 Å². The summed E-state index contributed by atoms with van der Waals surface area (Å²) in [5.74, 6) is -1.09. The van der Waals surface area contributed by atoms with Crippen LogP contribution >= 0.6 is 11.3 Å². The van der Waals surface area contributed by atoms with Crippen molar-refractivity contribution in [2.24, 2.45) is 0 Å². The predicted octanol–water partition coefficient (Wildman–Crippen LogP) is 3.51. The van der Waals surface area contributed by atoms with E-state index >= 15 is 0 Å². The molecule has 0 aliphatic rings. The fourth-order valence-electron chi connectivity index (χ4n) is 2.20. The molecule has 27 heavy (non-hydrogen) atoms. The standard InChI is InChI=1S/C19H23N3O4S/c1-11(2)16-9-20-19(27-16)22-18(25)12(3)14-5-7-15(8-6-14)21-17(24)10-26-13(4)23/h5-9,11-12H,10H2,1-4H3,(H,21,24)(H,20,22,25)/t12-/m1/s1. The Morgan fingerprint density at radius 1 is 1.11 bits per heavy atom. The fraction of sp³-hybridized carbons (Fsp3) is 0.368. The molecule has 1 aromatic heterocycles. The van der Waals surface area contributed by atoms with E-state index in [-0.39, 0.29) is 18.4 Å². The minimum Gasteiger partial charge on any atom is -0.456 e. The number of carbonyl (C=O) groups is 3. The topological polar surface area (TPSA) is 97.4 Å². The Balaban J connectivity index is 1.93. The summed E-state index contributed by atoms with van der Waals surface area (Å²) < 4.78 is 4.63. The molecule has 0 unspecified atom stereocenters. The first-order valence-electron chi connectivity index (χ1n) is 8.56. The molecule has 0 saturated carbocycles. The number of nitrogens with one attached hydrogen (secondary N) is 2. The third kappa shape index (κ3) is 6.18. The van der Waals surface area contributed by atoms with Gasteiger partial charge in [-0.15, -0.1) is 11.3 Å². The zero-order chi connectivity index (χ0) is 20.0. The van der Waals surface area contributed by atoms with Crippen molar-refractivity contribution in [3.8, 4) is 0 Å². The predicted molar refractivity (Wildman–Crippen MR) is 105 cm³/mol. The molecule has 0 radical (unpaired) electrons. The van der Waals surface area contributed by atoms with E-state index in [4.69, 9.17) is 0 Å². The van der Waals surface area contributed by atoms with Crippen LogP contribution in [-0.2, 0) is 19.1 Å². The molecule has 2 aromatic rings. The van der Waals surface area contributed by atoms with E-state index in [2.05, 4.69) is 34.2 Å². The van der Waals surface area contributed by atoms with E-state index in [0.29, 0.717) is 16.7 Å². The van der Waals surface area contributed by atoms with Gasteiger partial charge in [0.05, 0.1) is 5.92 Å². The van der Waals surface area contributed by atoms with Gasteiger partial charge in [-0.1, -0.05) is 26.0 Å². The number of rotatable bonds is 7. The molecule has 0 bridgehead atoms. The lowest BCUT2D eigenvalue weighted by atomic mass is 10.0. The quantitative estimate of drug-likeness (QED) is 0.706. The molecule has 0 saturated heterocycles. The number of ether oxygens (including phenoxy) is 1. The second kappa shape index (κ2) is 9.27. The van der Waals surface area contributed by atoms with Crippen LogP contribution in [0.15, 0.2) is 30.5 Å². The van der Waals surface area contributed by atoms with Gasteiger partial charge in [0.15, 0.2) is 11.7 Å². The summed E-state index contributed by atoms with van der Waals surface area (Å²) in [6.45, 7) is 6.87. The van der Waals surface area contributed by atoms with Gasteiger partial charge in [-0.2, -0.15) is 0 Å². The molecule has 1 heterocycles. The van der Waals surface area contributed by atoms with Crippen molar-refractivity contribution >= 4 is 39.9 Å². The molecule has 2 rings (SSSR count). The summed E-state index contributed by atoms with van der Waals surface area (Å²) >= 11 is 1.47. The SMILES string of the molecule is CC(=O)OCC(=O)Nc1ccc([C@@H](C)C(=O)Nc2ncc(C(C)C)s2)cc1. The second-order valence-corrected chi connectivity index (χ2v) is 7.45. The van der Waals surface area contributed by atoms with E-state index in [9.17, 15) is 14.4 Å². The largest absolute Gasteiger partial charge is 0.456 e. The molecular weight excluding hydrogens is 366 g/mol. The van der Waals surface area contributed by atoms with Gasteiger partial charge < -0.3 is 15.4 Å². The first-order valence-corrected chi connectivity index (χ1v) is 9.37. The molecule has 0 aliphatic heterocycles. The Hall–Kier alpha value is -2.74. The van der Waals surface area contributed by atoms with Crippen LogP contribution in [0.4, 0.5) is 10.8 Å². The van der Waals surface area contributed by atoms with Crippen LogP contribution in [0.25, 0.3) is 0 Å². The monoisotopic (exact) mass is 389 g/mol. The summed E-state index contributed by atoms with van der Waals surface area (Å²) in [4.78, 5) is 40.1. The third-order valence-corrected chi connectivity index (χ3v) is 5.03. The zero-order valence-corrected chi connectivity index (χ0v) is 16.6. The number of thiazole rings is 1. The summed E-state index contributed by atoms with van der Waals surface area (Å²) in [5.41, 5.74) is 1.37. The number of nitrogens with zero attached hydrogens (tertiary/aromatic N) is 1. The number of carbonyl (C=O) groups excluding carboxylic acids is 3. The van der Waals surface area contributed by atoms with Gasteiger partial charge >= 0.3 is 5.97 Å². The number of hydrogen-bond donors (Lipinski definition) is 2. The maximum Gasteiger partial charge on any atom is 0.303 e.